The fraction of sp³-hybridized carbons (Fsp3) is 0.188. The van der Waals surface area contributed by atoms with E-state index >= 15 is 0 Å². The number of carbonyl (C=O) groups excluding carboxylic acids is 1. The SMILES string of the molecule is CCN(C(=O)c1cc(C)cc(N)c1)c1ccccc1. The number of nitrogens with two attached hydrogens (primary N) is 1. The number of carbonyl (C=O) groups is 1. The van der Waals surface area contributed by atoms with Gasteiger partial charge in [0.25, 0.3) is 5.91 Å². The van der Waals surface area contributed by atoms with Gasteiger partial charge in [-0.05, 0) is 49.7 Å². The Morgan fingerprint density at radius 3 is 2.42 bits per heavy atom. The summed E-state index contributed by atoms with van der Waals surface area (Å²) in [5.74, 6) is -0.0240. The minimum absolute atomic E-state index is 0.0240. The average molecular weight is 254 g/mol. The molecule has 3 heteroatoms. The Labute approximate surface area is 113 Å². The first-order valence-electron chi connectivity index (χ1n) is 6.36. The van der Waals surface area contributed by atoms with Crippen molar-refractivity contribution in [3.8, 4) is 0 Å². The lowest BCUT2D eigenvalue weighted by atomic mass is 10.1. The monoisotopic (exact) mass is 254 g/mol. The normalized spacial score (nSPS) is 10.2. The molecule has 0 aliphatic carbocycles. The van der Waals surface area contributed by atoms with Crippen LogP contribution in [0.15, 0.2) is 48.5 Å². The molecule has 2 aromatic rings. The molecule has 0 fully saturated rings. The zero-order valence-electron chi connectivity index (χ0n) is 11.3. The van der Waals surface area contributed by atoms with Crippen molar-refractivity contribution in [3.63, 3.8) is 0 Å². The summed E-state index contributed by atoms with van der Waals surface area (Å²) in [6.45, 7) is 4.52. The molecule has 0 bridgehead atoms. The maximum absolute atomic E-state index is 12.6. The number of nitrogens with zero attached hydrogens (tertiary/aromatic N) is 1. The number of para-hydroxylation sites is 1. The van der Waals surface area contributed by atoms with Crippen LogP contribution in [0.4, 0.5) is 11.4 Å². The van der Waals surface area contributed by atoms with Crippen molar-refractivity contribution in [2.45, 2.75) is 13.8 Å². The highest BCUT2D eigenvalue weighted by Gasteiger charge is 2.16. The molecule has 98 valence electrons. The van der Waals surface area contributed by atoms with Gasteiger partial charge in [0.2, 0.25) is 0 Å². The van der Waals surface area contributed by atoms with Crippen LogP contribution in [-0.4, -0.2) is 12.5 Å². The third kappa shape index (κ3) is 2.94. The Morgan fingerprint density at radius 2 is 1.84 bits per heavy atom. The molecule has 0 atom stereocenters. The number of hydrogen-bond acceptors (Lipinski definition) is 2. The molecule has 3 nitrogen and oxygen atoms in total. The van der Waals surface area contributed by atoms with E-state index in [2.05, 4.69) is 0 Å². The summed E-state index contributed by atoms with van der Waals surface area (Å²) >= 11 is 0. The highest BCUT2D eigenvalue weighted by atomic mass is 16.2. The van der Waals surface area contributed by atoms with E-state index in [1.165, 1.54) is 0 Å². The van der Waals surface area contributed by atoms with Crippen molar-refractivity contribution in [2.24, 2.45) is 0 Å². The Hall–Kier alpha value is -2.29. The van der Waals surface area contributed by atoms with Gasteiger partial charge < -0.3 is 10.6 Å². The number of amides is 1. The number of anilines is 2. The molecule has 0 radical (unpaired) electrons. The van der Waals surface area contributed by atoms with Crippen molar-refractivity contribution in [1.29, 1.82) is 0 Å². The summed E-state index contributed by atoms with van der Waals surface area (Å²) in [7, 11) is 0. The molecular formula is C16H18N2O. The van der Waals surface area contributed by atoms with Gasteiger partial charge in [0, 0.05) is 23.5 Å². The van der Waals surface area contributed by atoms with Gasteiger partial charge in [-0.3, -0.25) is 4.79 Å². The average Bonchev–Trinajstić information content (AvgIpc) is 2.39. The van der Waals surface area contributed by atoms with Crippen molar-refractivity contribution in [2.75, 3.05) is 17.2 Å². The molecule has 2 aromatic carbocycles. The third-order valence-corrected chi connectivity index (χ3v) is 2.98. The van der Waals surface area contributed by atoms with Gasteiger partial charge in [0.15, 0.2) is 0 Å². The molecule has 0 saturated heterocycles. The number of hydrogen-bond donors (Lipinski definition) is 1. The zero-order valence-corrected chi connectivity index (χ0v) is 11.3. The highest BCUT2D eigenvalue weighted by molar-refractivity contribution is 6.06. The van der Waals surface area contributed by atoms with E-state index in [9.17, 15) is 4.79 Å². The lowest BCUT2D eigenvalue weighted by Gasteiger charge is -2.21. The molecule has 0 aromatic heterocycles. The van der Waals surface area contributed by atoms with Crippen LogP contribution in [-0.2, 0) is 0 Å². The van der Waals surface area contributed by atoms with Crippen LogP contribution in [0.25, 0.3) is 0 Å². The molecule has 19 heavy (non-hydrogen) atoms. The molecule has 0 heterocycles. The number of benzene rings is 2. The van der Waals surface area contributed by atoms with Crippen LogP contribution >= 0.6 is 0 Å². The van der Waals surface area contributed by atoms with E-state index in [4.69, 9.17) is 5.73 Å². The highest BCUT2D eigenvalue weighted by Crippen LogP contribution is 2.19. The van der Waals surface area contributed by atoms with Crippen molar-refractivity contribution in [1.82, 2.24) is 0 Å². The Kier molecular flexibility index (Phi) is 3.85. The van der Waals surface area contributed by atoms with Crippen molar-refractivity contribution < 1.29 is 4.79 Å². The lowest BCUT2D eigenvalue weighted by Crippen LogP contribution is -2.30. The minimum Gasteiger partial charge on any atom is -0.399 e. The molecule has 0 unspecified atom stereocenters. The molecule has 0 saturated carbocycles. The van der Waals surface area contributed by atoms with Gasteiger partial charge in [0.05, 0.1) is 0 Å². The number of aryl methyl sites for hydroxylation is 1. The van der Waals surface area contributed by atoms with E-state index in [-0.39, 0.29) is 5.91 Å². The van der Waals surface area contributed by atoms with Gasteiger partial charge >= 0.3 is 0 Å². The summed E-state index contributed by atoms with van der Waals surface area (Å²) in [6.07, 6.45) is 0. The minimum atomic E-state index is -0.0240. The van der Waals surface area contributed by atoms with E-state index in [1.807, 2.05) is 56.3 Å². The van der Waals surface area contributed by atoms with Crippen LogP contribution in [0.3, 0.4) is 0 Å². The smallest absolute Gasteiger partial charge is 0.258 e. The summed E-state index contributed by atoms with van der Waals surface area (Å²) < 4.78 is 0. The van der Waals surface area contributed by atoms with E-state index in [0.717, 1.165) is 11.3 Å². The maximum Gasteiger partial charge on any atom is 0.258 e. The first kappa shape index (κ1) is 13.1. The molecule has 0 aliphatic rings. The topological polar surface area (TPSA) is 46.3 Å². The number of nitrogen functional groups attached to an aromatic ring is 1. The largest absolute Gasteiger partial charge is 0.399 e. The summed E-state index contributed by atoms with van der Waals surface area (Å²) in [6, 6.07) is 15.1. The molecule has 2 rings (SSSR count). The lowest BCUT2D eigenvalue weighted by molar-refractivity contribution is 0.0988. The summed E-state index contributed by atoms with van der Waals surface area (Å²) in [5.41, 5.74) is 8.94. The third-order valence-electron chi connectivity index (χ3n) is 2.98. The predicted octanol–water partition coefficient (Wildman–Crippen LogP) is 3.24. The standard InChI is InChI=1S/C16H18N2O/c1-3-18(15-7-5-4-6-8-15)16(19)13-9-12(2)10-14(17)11-13/h4-11H,3,17H2,1-2H3. The van der Waals surface area contributed by atoms with E-state index < -0.39 is 0 Å². The van der Waals surface area contributed by atoms with E-state index in [1.54, 1.807) is 11.0 Å². The summed E-state index contributed by atoms with van der Waals surface area (Å²) in [5, 5.41) is 0. The molecule has 0 aliphatic heterocycles. The second-order valence-corrected chi connectivity index (χ2v) is 4.52. The van der Waals surface area contributed by atoms with Gasteiger partial charge in [-0.25, -0.2) is 0 Å². The zero-order chi connectivity index (χ0) is 13.8. The molecule has 0 spiro atoms. The predicted molar refractivity (Wildman–Crippen MR) is 79.4 cm³/mol. The Bertz CT molecular complexity index is 558. The van der Waals surface area contributed by atoms with Crippen molar-refractivity contribution in [3.05, 3.63) is 59.7 Å². The van der Waals surface area contributed by atoms with Crippen LogP contribution in [0.1, 0.15) is 22.8 Å². The van der Waals surface area contributed by atoms with Gasteiger partial charge in [-0.15, -0.1) is 0 Å². The van der Waals surface area contributed by atoms with Gasteiger partial charge in [0.1, 0.15) is 0 Å². The number of rotatable bonds is 3. The quantitative estimate of drug-likeness (QED) is 0.855. The first-order valence-corrected chi connectivity index (χ1v) is 6.36. The maximum atomic E-state index is 12.6. The van der Waals surface area contributed by atoms with Crippen LogP contribution < -0.4 is 10.6 Å². The second kappa shape index (κ2) is 5.57. The summed E-state index contributed by atoms with van der Waals surface area (Å²) in [4.78, 5) is 14.3. The van der Waals surface area contributed by atoms with Gasteiger partial charge in [-0.2, -0.15) is 0 Å². The fourth-order valence-electron chi connectivity index (χ4n) is 2.14. The van der Waals surface area contributed by atoms with Crippen LogP contribution in [0.5, 0.6) is 0 Å². The first-order chi connectivity index (χ1) is 9.11. The van der Waals surface area contributed by atoms with Crippen molar-refractivity contribution >= 4 is 17.3 Å². The van der Waals surface area contributed by atoms with Crippen LogP contribution in [0.2, 0.25) is 0 Å². The Balaban J connectivity index is 2.36. The fourth-order valence-corrected chi connectivity index (χ4v) is 2.14. The van der Waals surface area contributed by atoms with E-state index in [0.29, 0.717) is 17.8 Å². The Morgan fingerprint density at radius 1 is 1.16 bits per heavy atom. The molecular weight excluding hydrogens is 236 g/mol. The van der Waals surface area contributed by atoms with Crippen LogP contribution in [0, 0.1) is 6.92 Å². The molecule has 2 N–H and O–H groups in total. The molecule has 1 amide bonds. The van der Waals surface area contributed by atoms with Gasteiger partial charge in [-0.1, -0.05) is 18.2 Å². The second-order valence-electron chi connectivity index (χ2n) is 4.52.